The topological polar surface area (TPSA) is 64.9 Å². The first-order valence-electron chi connectivity index (χ1n) is 3.73. The molecule has 0 saturated heterocycles. The van der Waals surface area contributed by atoms with Gasteiger partial charge in [-0.1, -0.05) is 12.1 Å². The van der Waals surface area contributed by atoms with Gasteiger partial charge in [-0.25, -0.2) is 0 Å². The molecule has 0 aliphatic rings. The van der Waals surface area contributed by atoms with E-state index in [1.165, 1.54) is 0 Å². The predicted molar refractivity (Wildman–Crippen MR) is 57.4 cm³/mol. The van der Waals surface area contributed by atoms with Crippen molar-refractivity contribution in [1.82, 2.24) is 4.98 Å². The molecule has 0 amide bonds. The van der Waals surface area contributed by atoms with Crippen molar-refractivity contribution >= 4 is 22.7 Å². The van der Waals surface area contributed by atoms with Crippen molar-refractivity contribution in [3.8, 4) is 0 Å². The first-order chi connectivity index (χ1) is 6.30. The molecular formula is C9H11N3S. The normalized spacial score (nSPS) is 8.62. The molecule has 0 radical (unpaired) electrons. The average molecular weight is 193 g/mol. The highest BCUT2D eigenvalue weighted by Crippen LogP contribution is 2.10. The minimum atomic E-state index is 0.646. The molecule has 0 bridgehead atoms. The fraction of sp³-hybridized carbons (Fsp3) is 0. The second-order valence-corrected chi connectivity index (χ2v) is 3.06. The molecule has 0 aliphatic carbocycles. The van der Waals surface area contributed by atoms with Crippen LogP contribution in [0.4, 0.5) is 11.4 Å². The summed E-state index contributed by atoms with van der Waals surface area (Å²) in [5.41, 5.74) is 13.9. The van der Waals surface area contributed by atoms with Gasteiger partial charge in [-0.3, -0.25) is 4.98 Å². The van der Waals surface area contributed by atoms with Crippen LogP contribution in [0.3, 0.4) is 0 Å². The Kier molecular flexibility index (Phi) is 3.78. The van der Waals surface area contributed by atoms with E-state index >= 15 is 0 Å². The zero-order chi connectivity index (χ0) is 9.52. The zero-order valence-corrected chi connectivity index (χ0v) is 7.87. The second-order valence-electron chi connectivity index (χ2n) is 2.30. The van der Waals surface area contributed by atoms with Gasteiger partial charge in [-0.2, -0.15) is 0 Å². The largest absolute Gasteiger partial charge is 0.397 e. The second kappa shape index (κ2) is 5.16. The van der Waals surface area contributed by atoms with Gasteiger partial charge in [0.05, 0.1) is 16.9 Å². The fourth-order valence-corrected chi connectivity index (χ4v) is 1.04. The molecule has 2 aromatic rings. The van der Waals surface area contributed by atoms with Gasteiger partial charge in [0.1, 0.15) is 0 Å². The molecule has 4 heteroatoms. The molecule has 0 unspecified atom stereocenters. The summed E-state index contributed by atoms with van der Waals surface area (Å²) < 4.78 is 0. The average Bonchev–Trinajstić information content (AvgIpc) is 2.68. The monoisotopic (exact) mass is 193 g/mol. The SMILES string of the molecule is Nc1ccccc1N.c1cscn1. The molecule has 0 saturated carbocycles. The van der Waals surface area contributed by atoms with Gasteiger partial charge in [-0.15, -0.1) is 11.3 Å². The van der Waals surface area contributed by atoms with Gasteiger partial charge in [0.15, 0.2) is 0 Å². The third-order valence-electron chi connectivity index (χ3n) is 1.34. The molecule has 1 aromatic carbocycles. The molecule has 0 fully saturated rings. The molecule has 0 aliphatic heterocycles. The van der Waals surface area contributed by atoms with E-state index in [1.54, 1.807) is 35.2 Å². The summed E-state index contributed by atoms with van der Waals surface area (Å²) >= 11 is 1.60. The Labute approximate surface area is 81.0 Å². The maximum atomic E-state index is 5.39. The lowest BCUT2D eigenvalue weighted by molar-refractivity contribution is 1.43. The van der Waals surface area contributed by atoms with E-state index in [0.29, 0.717) is 11.4 Å². The lowest BCUT2D eigenvalue weighted by atomic mass is 10.3. The quantitative estimate of drug-likeness (QED) is 0.629. The maximum Gasteiger partial charge on any atom is 0.0791 e. The van der Waals surface area contributed by atoms with Gasteiger partial charge in [0, 0.05) is 11.6 Å². The number of nitrogen functional groups attached to an aromatic ring is 2. The smallest absolute Gasteiger partial charge is 0.0791 e. The highest BCUT2D eigenvalue weighted by atomic mass is 32.1. The highest BCUT2D eigenvalue weighted by Gasteiger charge is 1.85. The van der Waals surface area contributed by atoms with Crippen molar-refractivity contribution in [2.75, 3.05) is 11.5 Å². The zero-order valence-electron chi connectivity index (χ0n) is 7.05. The number of aromatic nitrogens is 1. The lowest BCUT2D eigenvalue weighted by Gasteiger charge is -1.94. The first-order valence-corrected chi connectivity index (χ1v) is 4.67. The number of thiazole rings is 1. The van der Waals surface area contributed by atoms with E-state index in [2.05, 4.69) is 4.98 Å². The Balaban J connectivity index is 0.000000145. The lowest BCUT2D eigenvalue weighted by Crippen LogP contribution is -1.91. The number of benzene rings is 1. The summed E-state index contributed by atoms with van der Waals surface area (Å²) in [6, 6.07) is 7.25. The van der Waals surface area contributed by atoms with Gasteiger partial charge >= 0.3 is 0 Å². The number of anilines is 2. The molecule has 3 nitrogen and oxygen atoms in total. The highest BCUT2D eigenvalue weighted by molar-refractivity contribution is 7.07. The van der Waals surface area contributed by atoms with Crippen LogP contribution in [-0.4, -0.2) is 4.98 Å². The Morgan fingerprint density at radius 3 is 1.92 bits per heavy atom. The molecule has 0 atom stereocenters. The summed E-state index contributed by atoms with van der Waals surface area (Å²) in [6.45, 7) is 0. The molecule has 4 N–H and O–H groups in total. The number of hydrogen-bond donors (Lipinski definition) is 2. The Bertz CT molecular complexity index is 294. The summed E-state index contributed by atoms with van der Waals surface area (Å²) in [7, 11) is 0. The van der Waals surface area contributed by atoms with Crippen molar-refractivity contribution < 1.29 is 0 Å². The van der Waals surface area contributed by atoms with Crippen LogP contribution in [0.2, 0.25) is 0 Å². The molecule has 2 rings (SSSR count). The molecule has 0 spiro atoms. The number of hydrogen-bond acceptors (Lipinski definition) is 4. The molecule has 1 heterocycles. The number of nitrogens with zero attached hydrogens (tertiary/aromatic N) is 1. The van der Waals surface area contributed by atoms with Crippen LogP contribution in [0.5, 0.6) is 0 Å². The number of nitrogens with two attached hydrogens (primary N) is 2. The van der Waals surface area contributed by atoms with Gasteiger partial charge < -0.3 is 11.5 Å². The standard InChI is InChI=1S/C6H8N2.C3H3NS/c7-5-3-1-2-4-6(5)8;1-2-5-3-4-1/h1-4H,7-8H2;1-3H. The van der Waals surface area contributed by atoms with Gasteiger partial charge in [0.25, 0.3) is 0 Å². The van der Waals surface area contributed by atoms with Crippen LogP contribution >= 0.6 is 11.3 Å². The van der Waals surface area contributed by atoms with Crippen molar-refractivity contribution in [1.29, 1.82) is 0 Å². The van der Waals surface area contributed by atoms with Crippen molar-refractivity contribution in [3.05, 3.63) is 41.4 Å². The van der Waals surface area contributed by atoms with E-state index in [0.717, 1.165) is 0 Å². The minimum absolute atomic E-state index is 0.646. The van der Waals surface area contributed by atoms with Crippen molar-refractivity contribution in [2.24, 2.45) is 0 Å². The van der Waals surface area contributed by atoms with Crippen molar-refractivity contribution in [3.63, 3.8) is 0 Å². The van der Waals surface area contributed by atoms with E-state index in [-0.39, 0.29) is 0 Å². The van der Waals surface area contributed by atoms with E-state index in [4.69, 9.17) is 11.5 Å². The molecule has 1 aromatic heterocycles. The van der Waals surface area contributed by atoms with Crippen molar-refractivity contribution in [2.45, 2.75) is 0 Å². The summed E-state index contributed by atoms with van der Waals surface area (Å²) in [4.78, 5) is 3.74. The van der Waals surface area contributed by atoms with Gasteiger partial charge in [-0.05, 0) is 12.1 Å². The van der Waals surface area contributed by atoms with Crippen LogP contribution < -0.4 is 11.5 Å². The Morgan fingerprint density at radius 1 is 1.08 bits per heavy atom. The Hall–Kier alpha value is -1.55. The van der Waals surface area contributed by atoms with Crippen LogP contribution in [0.1, 0.15) is 0 Å². The van der Waals surface area contributed by atoms with Gasteiger partial charge in [0.2, 0.25) is 0 Å². The van der Waals surface area contributed by atoms with E-state index in [1.807, 2.05) is 17.5 Å². The summed E-state index contributed by atoms with van der Waals surface area (Å²) in [5, 5.41) is 1.93. The first kappa shape index (κ1) is 9.54. The Morgan fingerprint density at radius 2 is 1.69 bits per heavy atom. The van der Waals surface area contributed by atoms with Crippen LogP contribution in [0.15, 0.2) is 41.4 Å². The van der Waals surface area contributed by atoms with Crippen LogP contribution in [0.25, 0.3) is 0 Å². The van der Waals surface area contributed by atoms with E-state index < -0.39 is 0 Å². The molecule has 13 heavy (non-hydrogen) atoms. The fourth-order valence-electron chi connectivity index (χ4n) is 0.687. The van der Waals surface area contributed by atoms with Crippen LogP contribution in [-0.2, 0) is 0 Å². The summed E-state index contributed by atoms with van der Waals surface area (Å²) in [5.74, 6) is 0. The number of rotatable bonds is 0. The number of para-hydroxylation sites is 2. The maximum absolute atomic E-state index is 5.39. The predicted octanol–water partition coefficient (Wildman–Crippen LogP) is 1.99. The van der Waals surface area contributed by atoms with Crippen LogP contribution in [0, 0.1) is 0 Å². The minimum Gasteiger partial charge on any atom is -0.397 e. The third-order valence-corrected chi connectivity index (χ3v) is 1.87. The summed E-state index contributed by atoms with van der Waals surface area (Å²) in [6.07, 6.45) is 1.77. The van der Waals surface area contributed by atoms with E-state index in [9.17, 15) is 0 Å². The third kappa shape index (κ3) is 3.57. The molecule has 68 valence electrons. The molecular weight excluding hydrogens is 182 g/mol.